The molecular formula is C21H25ClN6OS. The molecule has 158 valence electrons. The number of nitrogens with two attached hydrogens (primary N) is 1. The molecule has 9 heteroatoms. The number of hydrogen-bond acceptors (Lipinski definition) is 6. The van der Waals surface area contributed by atoms with E-state index in [9.17, 15) is 4.79 Å². The Balaban J connectivity index is 1.59. The van der Waals surface area contributed by atoms with Gasteiger partial charge >= 0.3 is 0 Å². The summed E-state index contributed by atoms with van der Waals surface area (Å²) in [6, 6.07) is 11.2. The Bertz CT molecular complexity index is 1050. The maximum absolute atomic E-state index is 12.4. The summed E-state index contributed by atoms with van der Waals surface area (Å²) in [5.41, 5.74) is 10.1. The van der Waals surface area contributed by atoms with Crippen LogP contribution in [0.4, 0.5) is 17.1 Å². The van der Waals surface area contributed by atoms with Crippen molar-refractivity contribution in [1.29, 1.82) is 0 Å². The molecular weight excluding hydrogens is 420 g/mol. The van der Waals surface area contributed by atoms with E-state index in [1.54, 1.807) is 6.07 Å². The van der Waals surface area contributed by atoms with Gasteiger partial charge in [0.25, 0.3) is 0 Å². The number of rotatable bonds is 8. The summed E-state index contributed by atoms with van der Waals surface area (Å²) in [6.07, 6.45) is 0. The quantitative estimate of drug-likeness (QED) is 0.349. The van der Waals surface area contributed by atoms with Crippen molar-refractivity contribution in [3.05, 3.63) is 58.4 Å². The van der Waals surface area contributed by atoms with Crippen LogP contribution in [-0.4, -0.2) is 26.4 Å². The monoisotopic (exact) mass is 444 g/mol. The predicted molar refractivity (Wildman–Crippen MR) is 124 cm³/mol. The van der Waals surface area contributed by atoms with Gasteiger partial charge in [0.2, 0.25) is 5.91 Å². The van der Waals surface area contributed by atoms with Gasteiger partial charge in [0, 0.05) is 28.6 Å². The van der Waals surface area contributed by atoms with Crippen LogP contribution < -0.4 is 16.4 Å². The zero-order valence-electron chi connectivity index (χ0n) is 17.2. The first-order valence-corrected chi connectivity index (χ1v) is 10.9. The highest BCUT2D eigenvalue weighted by molar-refractivity contribution is 7.99. The van der Waals surface area contributed by atoms with Crippen molar-refractivity contribution in [2.24, 2.45) is 0 Å². The van der Waals surface area contributed by atoms with Crippen molar-refractivity contribution in [1.82, 2.24) is 14.8 Å². The fourth-order valence-electron chi connectivity index (χ4n) is 2.90. The second-order valence-corrected chi connectivity index (χ2v) is 8.22. The molecule has 0 aliphatic rings. The van der Waals surface area contributed by atoms with Crippen LogP contribution in [0.3, 0.4) is 0 Å². The maximum atomic E-state index is 12.4. The van der Waals surface area contributed by atoms with E-state index >= 15 is 0 Å². The summed E-state index contributed by atoms with van der Waals surface area (Å²) in [7, 11) is 0. The normalized spacial score (nSPS) is 10.8. The zero-order chi connectivity index (χ0) is 21.7. The Morgan fingerprint density at radius 1 is 1.17 bits per heavy atom. The Morgan fingerprint density at radius 2 is 1.97 bits per heavy atom. The van der Waals surface area contributed by atoms with Crippen LogP contribution in [0.15, 0.2) is 41.6 Å². The van der Waals surface area contributed by atoms with Crippen LogP contribution in [0.1, 0.15) is 23.9 Å². The number of aromatic nitrogens is 3. The highest BCUT2D eigenvalue weighted by Gasteiger charge is 2.14. The van der Waals surface area contributed by atoms with E-state index in [4.69, 9.17) is 17.3 Å². The van der Waals surface area contributed by atoms with Crippen LogP contribution in [0.2, 0.25) is 5.02 Å². The molecule has 1 amide bonds. The average Bonchev–Trinajstić information content (AvgIpc) is 3.11. The Hall–Kier alpha value is -2.71. The number of nitrogens with zero attached hydrogens (tertiary/aromatic N) is 3. The van der Waals surface area contributed by atoms with Crippen molar-refractivity contribution in [2.75, 3.05) is 22.1 Å². The summed E-state index contributed by atoms with van der Waals surface area (Å²) in [5.74, 6) is 0.933. The molecule has 0 aliphatic carbocycles. The van der Waals surface area contributed by atoms with Gasteiger partial charge in [0.05, 0.1) is 12.3 Å². The molecule has 0 fully saturated rings. The highest BCUT2D eigenvalue weighted by Crippen LogP contribution is 2.22. The van der Waals surface area contributed by atoms with Crippen LogP contribution in [0, 0.1) is 13.8 Å². The number of nitrogens with one attached hydrogen (secondary N) is 2. The lowest BCUT2D eigenvalue weighted by atomic mass is 10.2. The lowest BCUT2D eigenvalue weighted by Crippen LogP contribution is -2.15. The largest absolute Gasteiger partial charge is 0.399 e. The first-order valence-electron chi connectivity index (χ1n) is 9.58. The van der Waals surface area contributed by atoms with Crippen molar-refractivity contribution < 1.29 is 4.79 Å². The smallest absolute Gasteiger partial charge is 0.234 e. The maximum Gasteiger partial charge on any atom is 0.234 e. The number of halogens is 1. The Morgan fingerprint density at radius 3 is 2.67 bits per heavy atom. The molecule has 0 radical (unpaired) electrons. The van der Waals surface area contributed by atoms with Gasteiger partial charge < -0.3 is 20.9 Å². The molecule has 0 saturated heterocycles. The molecule has 0 atom stereocenters. The van der Waals surface area contributed by atoms with E-state index in [-0.39, 0.29) is 11.7 Å². The van der Waals surface area contributed by atoms with E-state index in [2.05, 4.69) is 20.8 Å². The number of nitrogen functional groups attached to an aromatic ring is 1. The average molecular weight is 445 g/mol. The van der Waals surface area contributed by atoms with Gasteiger partial charge in [-0.3, -0.25) is 4.79 Å². The first kappa shape index (κ1) is 22.0. The number of hydrogen-bond donors (Lipinski definition) is 3. The summed E-state index contributed by atoms with van der Waals surface area (Å²) < 4.78 is 2.00. The van der Waals surface area contributed by atoms with Crippen molar-refractivity contribution >= 4 is 46.3 Å². The van der Waals surface area contributed by atoms with Crippen LogP contribution in [0.5, 0.6) is 0 Å². The molecule has 0 saturated carbocycles. The van der Waals surface area contributed by atoms with Gasteiger partial charge in [-0.15, -0.1) is 10.2 Å². The fourth-order valence-corrected chi connectivity index (χ4v) is 3.90. The summed E-state index contributed by atoms with van der Waals surface area (Å²) in [6.45, 7) is 7.12. The van der Waals surface area contributed by atoms with Crippen LogP contribution in [0.25, 0.3) is 0 Å². The predicted octanol–water partition coefficient (Wildman–Crippen LogP) is 4.49. The van der Waals surface area contributed by atoms with E-state index in [0.717, 1.165) is 33.3 Å². The van der Waals surface area contributed by atoms with Gasteiger partial charge in [0.15, 0.2) is 11.0 Å². The van der Waals surface area contributed by atoms with Gasteiger partial charge in [0.1, 0.15) is 0 Å². The molecule has 0 aliphatic heterocycles. The Labute approximate surface area is 185 Å². The number of aryl methyl sites for hydroxylation is 2. The highest BCUT2D eigenvalue weighted by atomic mass is 35.5. The summed E-state index contributed by atoms with van der Waals surface area (Å²) in [4.78, 5) is 12.4. The molecule has 1 aromatic heterocycles. The summed E-state index contributed by atoms with van der Waals surface area (Å²) >= 11 is 7.54. The van der Waals surface area contributed by atoms with Crippen LogP contribution in [-0.2, 0) is 17.9 Å². The summed E-state index contributed by atoms with van der Waals surface area (Å²) in [5, 5.41) is 16.2. The third-order valence-electron chi connectivity index (χ3n) is 4.59. The molecule has 3 rings (SSSR count). The molecule has 30 heavy (non-hydrogen) atoms. The second-order valence-electron chi connectivity index (χ2n) is 6.87. The lowest BCUT2D eigenvalue weighted by molar-refractivity contribution is -0.113. The lowest BCUT2D eigenvalue weighted by Gasteiger charge is -2.11. The fraction of sp³-hybridized carbons (Fsp3) is 0.286. The molecule has 0 bridgehead atoms. The number of anilines is 3. The molecule has 0 unspecified atom stereocenters. The molecule has 4 N–H and O–H groups in total. The minimum atomic E-state index is -0.104. The number of carbonyl (C=O) groups is 1. The minimum absolute atomic E-state index is 0.104. The topological polar surface area (TPSA) is 97.9 Å². The van der Waals surface area contributed by atoms with Crippen molar-refractivity contribution in [3.63, 3.8) is 0 Å². The number of amides is 1. The SMILES string of the molecule is CCn1c(CNc2ccc(C)c(Cl)c2)nnc1SCC(=O)Nc1ccc(N)cc1C. The molecule has 3 aromatic rings. The zero-order valence-corrected chi connectivity index (χ0v) is 18.8. The van der Waals surface area contributed by atoms with Gasteiger partial charge in [-0.05, 0) is 62.2 Å². The molecule has 2 aromatic carbocycles. The van der Waals surface area contributed by atoms with E-state index in [1.165, 1.54) is 11.8 Å². The number of carbonyl (C=O) groups excluding carboxylic acids is 1. The van der Waals surface area contributed by atoms with E-state index < -0.39 is 0 Å². The minimum Gasteiger partial charge on any atom is -0.399 e. The molecule has 7 nitrogen and oxygen atoms in total. The van der Waals surface area contributed by atoms with E-state index in [0.29, 0.717) is 23.9 Å². The van der Waals surface area contributed by atoms with Crippen molar-refractivity contribution in [3.8, 4) is 0 Å². The first-order chi connectivity index (χ1) is 14.4. The second kappa shape index (κ2) is 9.86. The van der Waals surface area contributed by atoms with Gasteiger partial charge in [-0.1, -0.05) is 29.4 Å². The van der Waals surface area contributed by atoms with Gasteiger partial charge in [-0.25, -0.2) is 0 Å². The van der Waals surface area contributed by atoms with Crippen molar-refractivity contribution in [2.45, 2.75) is 39.0 Å². The molecule has 0 spiro atoms. The molecule has 1 heterocycles. The Kier molecular flexibility index (Phi) is 7.23. The van der Waals surface area contributed by atoms with E-state index in [1.807, 2.05) is 55.7 Å². The third-order valence-corrected chi connectivity index (χ3v) is 5.96. The standard InChI is InChI=1S/C21H25ClN6OS/c1-4-28-19(11-24-16-7-5-13(2)17(22)10-16)26-27-21(28)30-12-20(29)25-18-8-6-15(23)9-14(18)3/h5-10,24H,4,11-12,23H2,1-3H3,(H,25,29). The number of benzene rings is 2. The van der Waals surface area contributed by atoms with Crippen LogP contribution >= 0.6 is 23.4 Å². The van der Waals surface area contributed by atoms with Gasteiger partial charge in [-0.2, -0.15) is 0 Å². The third kappa shape index (κ3) is 5.46. The number of thioether (sulfide) groups is 1.